The number of nitrogens with one attached hydrogen (secondary N) is 1. The van der Waals surface area contributed by atoms with E-state index >= 15 is 0 Å². The van der Waals surface area contributed by atoms with Crippen LogP contribution in [0.5, 0.6) is 0 Å². The fraction of sp³-hybridized carbons (Fsp3) is 0.462. The Hall–Kier alpha value is -1.38. The Balaban J connectivity index is 1.97. The quantitative estimate of drug-likeness (QED) is 0.520. The molecule has 1 aliphatic heterocycles. The van der Waals surface area contributed by atoms with Gasteiger partial charge < -0.3 is 14.6 Å². The van der Waals surface area contributed by atoms with Crippen molar-refractivity contribution in [3.8, 4) is 0 Å². The van der Waals surface area contributed by atoms with Crippen molar-refractivity contribution in [1.29, 1.82) is 0 Å². The predicted molar refractivity (Wildman–Crippen MR) is 83.0 cm³/mol. The fourth-order valence-electron chi connectivity index (χ4n) is 2.36. The highest BCUT2D eigenvalue weighted by atomic mass is 32.2. The molecule has 1 aliphatic rings. The Bertz CT molecular complexity index is 753. The summed E-state index contributed by atoms with van der Waals surface area (Å²) in [5.41, 5.74) is 1.01. The maximum absolute atomic E-state index is 12.3. The van der Waals surface area contributed by atoms with E-state index in [1.54, 1.807) is 11.3 Å². The van der Waals surface area contributed by atoms with Crippen LogP contribution >= 0.6 is 23.1 Å². The number of nitrogens with zero attached hydrogens (tertiary/aromatic N) is 2. The molecule has 3 heterocycles. The van der Waals surface area contributed by atoms with Crippen molar-refractivity contribution in [3.05, 3.63) is 20.8 Å². The third-order valence-electron chi connectivity index (χ3n) is 3.43. The minimum Gasteiger partial charge on any atom is -0.468 e. The van der Waals surface area contributed by atoms with Gasteiger partial charge in [-0.25, -0.2) is 4.98 Å². The summed E-state index contributed by atoms with van der Waals surface area (Å²) in [6.07, 6.45) is 0.880. The van der Waals surface area contributed by atoms with Crippen LogP contribution in [0.3, 0.4) is 0 Å². The van der Waals surface area contributed by atoms with E-state index in [0.29, 0.717) is 10.5 Å². The molecule has 0 spiro atoms. The van der Waals surface area contributed by atoms with Crippen LogP contribution in [0, 0.1) is 0 Å². The monoisotopic (exact) mass is 325 g/mol. The molecular formula is C13H15N3O3S2. The minimum absolute atomic E-state index is 0.116. The average molecular weight is 325 g/mol. The van der Waals surface area contributed by atoms with Crippen molar-refractivity contribution in [2.24, 2.45) is 0 Å². The second kappa shape index (κ2) is 5.78. The number of esters is 1. The Kier molecular flexibility index (Phi) is 4.01. The highest BCUT2D eigenvalue weighted by Gasteiger charge is 2.22. The lowest BCUT2D eigenvalue weighted by atomic mass is 10.1. The summed E-state index contributed by atoms with van der Waals surface area (Å²) in [5, 5.41) is 1.18. The average Bonchev–Trinajstić information content (AvgIpc) is 2.82. The molecule has 21 heavy (non-hydrogen) atoms. The first-order valence-electron chi connectivity index (χ1n) is 6.51. The highest BCUT2D eigenvalue weighted by Crippen LogP contribution is 2.32. The number of rotatable bonds is 3. The Labute approximate surface area is 129 Å². The molecule has 0 radical (unpaired) electrons. The van der Waals surface area contributed by atoms with Gasteiger partial charge in [0.25, 0.3) is 5.56 Å². The summed E-state index contributed by atoms with van der Waals surface area (Å²) in [7, 11) is 3.41. The molecule has 112 valence electrons. The Morgan fingerprint density at radius 1 is 1.57 bits per heavy atom. The van der Waals surface area contributed by atoms with Crippen molar-refractivity contribution in [1.82, 2.24) is 14.9 Å². The normalized spacial score (nSPS) is 15.1. The van der Waals surface area contributed by atoms with E-state index in [2.05, 4.69) is 26.7 Å². The van der Waals surface area contributed by atoms with Crippen LogP contribution in [-0.2, 0) is 22.5 Å². The van der Waals surface area contributed by atoms with Crippen molar-refractivity contribution in [2.45, 2.75) is 18.1 Å². The topological polar surface area (TPSA) is 75.3 Å². The lowest BCUT2D eigenvalue weighted by molar-refractivity contribution is -0.137. The molecular weight excluding hydrogens is 310 g/mol. The molecule has 0 unspecified atom stereocenters. The van der Waals surface area contributed by atoms with Crippen molar-refractivity contribution >= 4 is 39.3 Å². The number of aromatic amines is 1. The number of H-pyrrole nitrogens is 1. The summed E-state index contributed by atoms with van der Waals surface area (Å²) >= 11 is 2.75. The zero-order valence-corrected chi connectivity index (χ0v) is 13.4. The summed E-state index contributed by atoms with van der Waals surface area (Å²) in [5.74, 6) is -0.200. The van der Waals surface area contributed by atoms with Crippen LogP contribution in [0.15, 0.2) is 9.95 Å². The third-order valence-corrected chi connectivity index (χ3v) is 5.39. The van der Waals surface area contributed by atoms with Gasteiger partial charge in [-0.15, -0.1) is 11.3 Å². The van der Waals surface area contributed by atoms with E-state index in [0.717, 1.165) is 29.9 Å². The fourth-order valence-corrected chi connectivity index (χ4v) is 4.42. The van der Waals surface area contributed by atoms with Crippen molar-refractivity contribution in [3.63, 3.8) is 0 Å². The van der Waals surface area contributed by atoms with Gasteiger partial charge >= 0.3 is 5.97 Å². The smallest absolute Gasteiger partial charge is 0.316 e. The SMILES string of the molecule is COC(=O)CSc1nc2sc3c(c2c(=O)[nH]1)CCN(C)C3. The molecule has 8 heteroatoms. The largest absolute Gasteiger partial charge is 0.468 e. The number of hydrogen-bond acceptors (Lipinski definition) is 7. The summed E-state index contributed by atoms with van der Waals surface area (Å²) in [4.78, 5) is 34.9. The van der Waals surface area contributed by atoms with Crippen LogP contribution in [0.2, 0.25) is 0 Å². The number of aromatic nitrogens is 2. The second-order valence-corrected chi connectivity index (χ2v) is 6.96. The molecule has 0 saturated carbocycles. The zero-order valence-electron chi connectivity index (χ0n) is 11.8. The van der Waals surface area contributed by atoms with E-state index in [-0.39, 0.29) is 17.3 Å². The molecule has 0 bridgehead atoms. The van der Waals surface area contributed by atoms with Crippen LogP contribution in [-0.4, -0.2) is 47.3 Å². The number of thioether (sulfide) groups is 1. The third kappa shape index (κ3) is 2.83. The van der Waals surface area contributed by atoms with Gasteiger partial charge in [0.05, 0.1) is 18.2 Å². The second-order valence-electron chi connectivity index (χ2n) is 4.91. The van der Waals surface area contributed by atoms with E-state index in [4.69, 9.17) is 0 Å². The molecule has 0 fully saturated rings. The molecule has 0 aromatic carbocycles. The molecule has 2 aromatic heterocycles. The molecule has 0 amide bonds. The number of ether oxygens (including phenoxy) is 1. The number of fused-ring (bicyclic) bond motifs is 3. The molecule has 2 aromatic rings. The number of hydrogen-bond donors (Lipinski definition) is 1. The summed E-state index contributed by atoms with van der Waals surface area (Å²) < 4.78 is 4.59. The molecule has 1 N–H and O–H groups in total. The van der Waals surface area contributed by atoms with Crippen molar-refractivity contribution < 1.29 is 9.53 Å². The maximum atomic E-state index is 12.3. The first-order valence-corrected chi connectivity index (χ1v) is 8.31. The molecule has 0 aliphatic carbocycles. The van der Waals surface area contributed by atoms with Crippen LogP contribution in [0.25, 0.3) is 10.2 Å². The standard InChI is InChI=1S/C13H15N3O3S2/c1-16-4-3-7-8(5-16)21-12-10(7)11(18)14-13(15-12)20-6-9(17)19-2/h3-6H2,1-2H3,(H,14,15,18). The molecule has 6 nitrogen and oxygen atoms in total. The molecule has 0 saturated heterocycles. The van der Waals surface area contributed by atoms with Gasteiger partial charge in [0.15, 0.2) is 5.16 Å². The highest BCUT2D eigenvalue weighted by molar-refractivity contribution is 7.99. The maximum Gasteiger partial charge on any atom is 0.316 e. The lowest BCUT2D eigenvalue weighted by Gasteiger charge is -2.21. The van der Waals surface area contributed by atoms with Gasteiger partial charge in [-0.3, -0.25) is 9.59 Å². The van der Waals surface area contributed by atoms with Gasteiger partial charge in [-0.05, 0) is 19.0 Å². The van der Waals surface area contributed by atoms with E-state index in [1.807, 2.05) is 0 Å². The Morgan fingerprint density at radius 2 is 2.38 bits per heavy atom. The molecule has 0 atom stereocenters. The van der Waals surface area contributed by atoms with E-state index in [1.165, 1.54) is 23.7 Å². The molecule has 3 rings (SSSR count). The predicted octanol–water partition coefficient (Wildman–Crippen LogP) is 1.24. The summed E-state index contributed by atoms with van der Waals surface area (Å²) in [6, 6.07) is 0. The lowest BCUT2D eigenvalue weighted by Crippen LogP contribution is -2.25. The van der Waals surface area contributed by atoms with Crippen molar-refractivity contribution in [2.75, 3.05) is 26.5 Å². The van der Waals surface area contributed by atoms with Gasteiger partial charge in [0, 0.05) is 18.0 Å². The minimum atomic E-state index is -0.338. The number of carbonyl (C=O) groups excluding carboxylic acids is 1. The first kappa shape index (κ1) is 14.6. The van der Waals surface area contributed by atoms with Gasteiger partial charge in [0.1, 0.15) is 4.83 Å². The zero-order chi connectivity index (χ0) is 15.0. The summed E-state index contributed by atoms with van der Waals surface area (Å²) in [6.45, 7) is 1.82. The van der Waals surface area contributed by atoms with Gasteiger partial charge in [-0.2, -0.15) is 0 Å². The number of methoxy groups -OCH3 is 1. The van der Waals surface area contributed by atoms with E-state index < -0.39 is 0 Å². The Morgan fingerprint density at radius 3 is 3.14 bits per heavy atom. The van der Waals surface area contributed by atoms with Crippen LogP contribution in [0.1, 0.15) is 10.4 Å². The first-order chi connectivity index (χ1) is 10.1. The number of carbonyl (C=O) groups is 1. The van der Waals surface area contributed by atoms with Crippen LogP contribution in [0.4, 0.5) is 0 Å². The van der Waals surface area contributed by atoms with Gasteiger partial charge in [-0.1, -0.05) is 11.8 Å². The van der Waals surface area contributed by atoms with Crippen LogP contribution < -0.4 is 5.56 Å². The number of thiophene rings is 1. The van der Waals surface area contributed by atoms with Gasteiger partial charge in [0.2, 0.25) is 0 Å². The number of likely N-dealkylation sites (N-methyl/N-ethyl adjacent to an activating group) is 1. The van der Waals surface area contributed by atoms with E-state index in [9.17, 15) is 9.59 Å².